The summed E-state index contributed by atoms with van der Waals surface area (Å²) in [6.45, 7) is 3.87. The van der Waals surface area contributed by atoms with Gasteiger partial charge in [-0.25, -0.2) is 0 Å². The van der Waals surface area contributed by atoms with Crippen molar-refractivity contribution in [2.45, 2.75) is 19.9 Å². The molecule has 3 nitrogen and oxygen atoms in total. The minimum atomic E-state index is -0.361. The van der Waals surface area contributed by atoms with Crippen molar-refractivity contribution in [3.8, 4) is 6.07 Å². The number of carbonyl (C=O) groups excluding carboxylic acids is 1. The molecule has 2 aromatic carbocycles. The van der Waals surface area contributed by atoms with E-state index in [2.05, 4.69) is 5.32 Å². The summed E-state index contributed by atoms with van der Waals surface area (Å²) >= 11 is 0. The molecule has 0 aromatic heterocycles. The molecule has 0 bridgehead atoms. The first-order valence-corrected chi connectivity index (χ1v) is 7.14. The summed E-state index contributed by atoms with van der Waals surface area (Å²) in [6, 6.07) is 19.2. The maximum absolute atomic E-state index is 12.2. The van der Waals surface area contributed by atoms with Crippen LogP contribution in [-0.2, 0) is 4.79 Å². The van der Waals surface area contributed by atoms with Crippen LogP contribution in [-0.4, -0.2) is 5.91 Å². The Morgan fingerprint density at radius 2 is 1.91 bits per heavy atom. The molecule has 0 saturated heterocycles. The van der Waals surface area contributed by atoms with Gasteiger partial charge in [0.25, 0.3) is 5.91 Å². The first-order valence-electron chi connectivity index (χ1n) is 7.14. The van der Waals surface area contributed by atoms with Gasteiger partial charge in [-0.05, 0) is 31.1 Å². The highest BCUT2D eigenvalue weighted by atomic mass is 16.1. The maximum atomic E-state index is 12.2. The lowest BCUT2D eigenvalue weighted by molar-refractivity contribution is -0.117. The Morgan fingerprint density at radius 1 is 1.18 bits per heavy atom. The van der Waals surface area contributed by atoms with Gasteiger partial charge in [-0.1, -0.05) is 60.2 Å². The number of amides is 1. The Labute approximate surface area is 130 Å². The molecule has 1 N–H and O–H groups in total. The number of hydrogen-bond donors (Lipinski definition) is 1. The van der Waals surface area contributed by atoms with Gasteiger partial charge in [0, 0.05) is 0 Å². The van der Waals surface area contributed by atoms with Crippen molar-refractivity contribution in [2.24, 2.45) is 0 Å². The molecule has 0 saturated carbocycles. The van der Waals surface area contributed by atoms with E-state index in [1.807, 2.05) is 74.5 Å². The van der Waals surface area contributed by atoms with Crippen molar-refractivity contribution in [1.29, 1.82) is 5.26 Å². The van der Waals surface area contributed by atoms with Gasteiger partial charge in [0.15, 0.2) is 0 Å². The summed E-state index contributed by atoms with van der Waals surface area (Å²) in [4.78, 5) is 12.2. The van der Waals surface area contributed by atoms with Gasteiger partial charge in [0.1, 0.15) is 11.6 Å². The second-order valence-electron chi connectivity index (χ2n) is 5.19. The van der Waals surface area contributed by atoms with Crippen LogP contribution in [0.5, 0.6) is 0 Å². The van der Waals surface area contributed by atoms with Crippen LogP contribution in [0.15, 0.2) is 60.2 Å². The molecule has 0 radical (unpaired) electrons. The minimum absolute atomic E-state index is 0.105. The van der Waals surface area contributed by atoms with Crippen LogP contribution in [0.2, 0.25) is 0 Å². The van der Waals surface area contributed by atoms with Gasteiger partial charge in [0.2, 0.25) is 0 Å². The van der Waals surface area contributed by atoms with Crippen molar-refractivity contribution in [3.63, 3.8) is 0 Å². The van der Waals surface area contributed by atoms with Crippen molar-refractivity contribution in [2.75, 3.05) is 0 Å². The minimum Gasteiger partial charge on any atom is -0.345 e. The van der Waals surface area contributed by atoms with Gasteiger partial charge in [-0.3, -0.25) is 4.79 Å². The highest BCUT2D eigenvalue weighted by Crippen LogP contribution is 2.13. The third kappa shape index (κ3) is 4.07. The van der Waals surface area contributed by atoms with E-state index < -0.39 is 0 Å². The lowest BCUT2D eigenvalue weighted by Gasteiger charge is -2.13. The molecule has 1 atom stereocenters. The SMILES string of the molecule is Cc1cccc(/C=C(\C#N)C(=O)N[C@H](C)c2ccccc2)c1. The molecule has 0 aliphatic carbocycles. The fraction of sp³-hybridized carbons (Fsp3) is 0.158. The Hall–Kier alpha value is -2.86. The van der Waals surface area contributed by atoms with E-state index in [0.717, 1.165) is 16.7 Å². The van der Waals surface area contributed by atoms with Crippen molar-refractivity contribution < 1.29 is 4.79 Å². The summed E-state index contributed by atoms with van der Waals surface area (Å²) in [5.41, 5.74) is 3.04. The zero-order valence-electron chi connectivity index (χ0n) is 12.7. The molecular weight excluding hydrogens is 272 g/mol. The normalized spacial score (nSPS) is 12.3. The number of nitrogens with zero attached hydrogens (tertiary/aromatic N) is 1. The smallest absolute Gasteiger partial charge is 0.262 e. The molecule has 110 valence electrons. The summed E-state index contributed by atoms with van der Waals surface area (Å²) in [5.74, 6) is -0.361. The Balaban J connectivity index is 2.14. The first-order chi connectivity index (χ1) is 10.6. The van der Waals surface area contributed by atoms with Gasteiger partial charge >= 0.3 is 0 Å². The molecular formula is C19H18N2O. The Kier molecular flexibility index (Phi) is 5.11. The van der Waals surface area contributed by atoms with Gasteiger partial charge in [-0.2, -0.15) is 5.26 Å². The average molecular weight is 290 g/mol. The fourth-order valence-electron chi connectivity index (χ4n) is 2.17. The molecule has 22 heavy (non-hydrogen) atoms. The highest BCUT2D eigenvalue weighted by molar-refractivity contribution is 6.01. The number of benzene rings is 2. The number of rotatable bonds is 4. The fourth-order valence-corrected chi connectivity index (χ4v) is 2.17. The predicted molar refractivity (Wildman–Crippen MR) is 87.8 cm³/mol. The van der Waals surface area contributed by atoms with E-state index in [9.17, 15) is 10.1 Å². The molecule has 2 rings (SSSR count). The van der Waals surface area contributed by atoms with Crippen LogP contribution in [0.3, 0.4) is 0 Å². The van der Waals surface area contributed by atoms with Crippen molar-refractivity contribution >= 4 is 12.0 Å². The molecule has 2 aromatic rings. The summed E-state index contributed by atoms with van der Waals surface area (Å²) < 4.78 is 0. The number of hydrogen-bond acceptors (Lipinski definition) is 2. The standard InChI is InChI=1S/C19H18N2O/c1-14-7-6-8-16(11-14)12-18(13-20)19(22)21-15(2)17-9-4-3-5-10-17/h3-12,15H,1-2H3,(H,21,22)/b18-12+/t15-/m1/s1. The Morgan fingerprint density at radius 3 is 2.55 bits per heavy atom. The summed E-state index contributed by atoms with van der Waals surface area (Å²) in [6.07, 6.45) is 1.61. The van der Waals surface area contributed by atoms with Crippen LogP contribution in [0.25, 0.3) is 6.08 Å². The molecule has 0 unspecified atom stereocenters. The third-order valence-electron chi connectivity index (χ3n) is 3.37. The van der Waals surface area contributed by atoms with Crippen LogP contribution < -0.4 is 5.32 Å². The van der Waals surface area contributed by atoms with Crippen LogP contribution in [0.4, 0.5) is 0 Å². The largest absolute Gasteiger partial charge is 0.345 e. The van der Waals surface area contributed by atoms with E-state index in [-0.39, 0.29) is 17.5 Å². The third-order valence-corrected chi connectivity index (χ3v) is 3.37. The number of carbonyl (C=O) groups is 1. The number of nitriles is 1. The summed E-state index contributed by atoms with van der Waals surface area (Å²) in [7, 11) is 0. The van der Waals surface area contributed by atoms with E-state index in [0.29, 0.717) is 0 Å². The molecule has 0 spiro atoms. The zero-order valence-corrected chi connectivity index (χ0v) is 12.7. The maximum Gasteiger partial charge on any atom is 0.262 e. The molecule has 0 fully saturated rings. The quantitative estimate of drug-likeness (QED) is 0.688. The van der Waals surface area contributed by atoms with E-state index in [1.54, 1.807) is 6.08 Å². The number of aryl methyl sites for hydroxylation is 1. The lowest BCUT2D eigenvalue weighted by Crippen LogP contribution is -2.27. The lowest BCUT2D eigenvalue weighted by atomic mass is 10.1. The van der Waals surface area contributed by atoms with E-state index in [1.165, 1.54) is 0 Å². The Bertz CT molecular complexity index is 727. The first kappa shape index (κ1) is 15.5. The van der Waals surface area contributed by atoms with Crippen molar-refractivity contribution in [1.82, 2.24) is 5.32 Å². The highest BCUT2D eigenvalue weighted by Gasteiger charge is 2.13. The van der Waals surface area contributed by atoms with E-state index >= 15 is 0 Å². The monoisotopic (exact) mass is 290 g/mol. The van der Waals surface area contributed by atoms with E-state index in [4.69, 9.17) is 0 Å². The van der Waals surface area contributed by atoms with Crippen LogP contribution >= 0.6 is 0 Å². The van der Waals surface area contributed by atoms with Crippen LogP contribution in [0, 0.1) is 18.3 Å². The van der Waals surface area contributed by atoms with Crippen molar-refractivity contribution in [3.05, 3.63) is 76.9 Å². The molecule has 0 heterocycles. The molecule has 3 heteroatoms. The second kappa shape index (κ2) is 7.24. The number of nitrogens with one attached hydrogen (secondary N) is 1. The van der Waals surface area contributed by atoms with Crippen LogP contribution in [0.1, 0.15) is 29.7 Å². The van der Waals surface area contributed by atoms with Gasteiger partial charge in [-0.15, -0.1) is 0 Å². The van der Waals surface area contributed by atoms with Gasteiger partial charge in [0.05, 0.1) is 6.04 Å². The topological polar surface area (TPSA) is 52.9 Å². The zero-order chi connectivity index (χ0) is 15.9. The molecule has 0 aliphatic rings. The molecule has 0 aliphatic heterocycles. The molecule has 1 amide bonds. The summed E-state index contributed by atoms with van der Waals surface area (Å²) in [5, 5.41) is 12.1. The van der Waals surface area contributed by atoms with Gasteiger partial charge < -0.3 is 5.32 Å². The average Bonchev–Trinajstić information content (AvgIpc) is 2.53. The predicted octanol–water partition coefficient (Wildman–Crippen LogP) is 3.78. The second-order valence-corrected chi connectivity index (χ2v) is 5.19.